The maximum Gasteiger partial charge on any atom is 0.319 e. The summed E-state index contributed by atoms with van der Waals surface area (Å²) < 4.78 is 0. The number of rotatable bonds is 3. The summed E-state index contributed by atoms with van der Waals surface area (Å²) in [6.07, 6.45) is 0. The summed E-state index contributed by atoms with van der Waals surface area (Å²) in [6, 6.07) is 14.4. The largest absolute Gasteiger partial charge is 0.340 e. The van der Waals surface area contributed by atoms with Crippen LogP contribution in [0.1, 0.15) is 5.82 Å². The van der Waals surface area contributed by atoms with Crippen LogP contribution in [0.5, 0.6) is 0 Å². The highest BCUT2D eigenvalue weighted by Crippen LogP contribution is 2.20. The van der Waals surface area contributed by atoms with Gasteiger partial charge in [-0.15, -0.1) is 0 Å². The van der Waals surface area contributed by atoms with E-state index in [4.69, 9.17) is 11.6 Å². The molecule has 2 amide bonds. The number of fused-ring (bicyclic) bond motifs is 1. The van der Waals surface area contributed by atoms with Gasteiger partial charge in [0, 0.05) is 0 Å². The molecule has 0 aliphatic carbocycles. The Labute approximate surface area is 126 Å². The van der Waals surface area contributed by atoms with Crippen molar-refractivity contribution in [3.63, 3.8) is 0 Å². The highest BCUT2D eigenvalue weighted by atomic mass is 35.5. The van der Waals surface area contributed by atoms with Gasteiger partial charge >= 0.3 is 6.03 Å². The molecule has 3 aromatic rings. The average Bonchev–Trinajstić information content (AvgIpc) is 2.90. The van der Waals surface area contributed by atoms with Crippen molar-refractivity contribution in [1.29, 1.82) is 0 Å². The number of hydrogen-bond acceptors (Lipinski definition) is 2. The topological polar surface area (TPSA) is 69.8 Å². The molecule has 0 unspecified atom stereocenters. The quantitative estimate of drug-likeness (QED) is 0.692. The summed E-state index contributed by atoms with van der Waals surface area (Å²) in [5.74, 6) is 0.700. The second-order valence-corrected chi connectivity index (χ2v) is 4.90. The maximum atomic E-state index is 11.8. The van der Waals surface area contributed by atoms with Crippen LogP contribution in [0.25, 0.3) is 11.0 Å². The van der Waals surface area contributed by atoms with Crippen molar-refractivity contribution in [3.8, 4) is 0 Å². The van der Waals surface area contributed by atoms with Crippen LogP contribution >= 0.6 is 11.6 Å². The van der Waals surface area contributed by atoms with E-state index in [0.717, 1.165) is 11.0 Å². The number of benzene rings is 2. The van der Waals surface area contributed by atoms with E-state index in [-0.39, 0.29) is 6.03 Å². The smallest absolute Gasteiger partial charge is 0.319 e. The second kappa shape index (κ2) is 5.85. The summed E-state index contributed by atoms with van der Waals surface area (Å²) in [6.45, 7) is 0.310. The molecule has 106 valence electrons. The lowest BCUT2D eigenvalue weighted by molar-refractivity contribution is 0.251. The Kier molecular flexibility index (Phi) is 3.75. The third-order valence-electron chi connectivity index (χ3n) is 2.98. The van der Waals surface area contributed by atoms with Gasteiger partial charge in [0.25, 0.3) is 0 Å². The highest BCUT2D eigenvalue weighted by Gasteiger charge is 2.06. The van der Waals surface area contributed by atoms with Gasteiger partial charge in [0.15, 0.2) is 0 Å². The molecule has 21 heavy (non-hydrogen) atoms. The monoisotopic (exact) mass is 300 g/mol. The number of aromatic nitrogens is 2. The molecule has 0 aliphatic rings. The molecule has 0 spiro atoms. The normalized spacial score (nSPS) is 10.5. The Morgan fingerprint density at radius 1 is 1.14 bits per heavy atom. The molecule has 0 fully saturated rings. The number of halogens is 1. The number of nitrogens with one attached hydrogen (secondary N) is 3. The first-order chi connectivity index (χ1) is 10.2. The van der Waals surface area contributed by atoms with Gasteiger partial charge in [0.05, 0.1) is 28.3 Å². The van der Waals surface area contributed by atoms with Gasteiger partial charge in [-0.1, -0.05) is 35.9 Å². The van der Waals surface area contributed by atoms with E-state index in [9.17, 15) is 4.79 Å². The zero-order valence-electron chi connectivity index (χ0n) is 11.1. The number of hydrogen-bond donors (Lipinski definition) is 3. The van der Waals surface area contributed by atoms with Crippen LogP contribution < -0.4 is 10.6 Å². The van der Waals surface area contributed by atoms with E-state index >= 15 is 0 Å². The molecule has 0 radical (unpaired) electrons. The van der Waals surface area contributed by atoms with E-state index in [2.05, 4.69) is 20.6 Å². The number of imidazole rings is 1. The van der Waals surface area contributed by atoms with Crippen molar-refractivity contribution >= 4 is 34.4 Å². The molecule has 1 heterocycles. The third-order valence-corrected chi connectivity index (χ3v) is 3.31. The summed E-state index contributed by atoms with van der Waals surface area (Å²) in [4.78, 5) is 19.4. The summed E-state index contributed by atoms with van der Waals surface area (Å²) in [5, 5.41) is 5.92. The van der Waals surface area contributed by atoms with Gasteiger partial charge in [-0.05, 0) is 24.3 Å². The van der Waals surface area contributed by atoms with E-state index in [1.165, 1.54) is 0 Å². The Hall–Kier alpha value is -2.53. The fourth-order valence-corrected chi connectivity index (χ4v) is 2.17. The lowest BCUT2D eigenvalue weighted by Gasteiger charge is -2.07. The Balaban J connectivity index is 1.62. The number of para-hydroxylation sites is 3. The molecular weight excluding hydrogens is 288 g/mol. The molecule has 0 saturated carbocycles. The molecule has 0 aliphatic heterocycles. The minimum Gasteiger partial charge on any atom is -0.340 e. The molecule has 0 bridgehead atoms. The predicted octanol–water partition coefficient (Wildman–Crippen LogP) is 3.54. The van der Waals surface area contributed by atoms with Crippen molar-refractivity contribution in [2.75, 3.05) is 5.32 Å². The standard InChI is InChI=1S/C15H13ClN4O/c16-10-5-1-2-6-11(10)20-15(21)17-9-14-18-12-7-3-4-8-13(12)19-14/h1-8H,9H2,(H,18,19)(H2,17,20,21). The molecule has 6 heteroatoms. The van der Waals surface area contributed by atoms with Gasteiger partial charge in [0.1, 0.15) is 5.82 Å². The van der Waals surface area contributed by atoms with Crippen LogP contribution in [0.2, 0.25) is 5.02 Å². The molecule has 3 N–H and O–H groups in total. The van der Waals surface area contributed by atoms with Crippen LogP contribution in [0.15, 0.2) is 48.5 Å². The van der Waals surface area contributed by atoms with Crippen LogP contribution in [0.4, 0.5) is 10.5 Å². The number of carbonyl (C=O) groups is 1. The first-order valence-electron chi connectivity index (χ1n) is 6.45. The fraction of sp³-hybridized carbons (Fsp3) is 0.0667. The van der Waals surface area contributed by atoms with Gasteiger partial charge in [-0.2, -0.15) is 0 Å². The minimum absolute atomic E-state index is 0.310. The summed E-state index contributed by atoms with van der Waals surface area (Å²) in [5.41, 5.74) is 2.39. The van der Waals surface area contributed by atoms with Gasteiger partial charge < -0.3 is 15.6 Å². The van der Waals surface area contributed by atoms with E-state index in [1.54, 1.807) is 24.3 Å². The molecule has 0 saturated heterocycles. The number of amides is 2. The Bertz CT molecular complexity index is 751. The van der Waals surface area contributed by atoms with Crippen LogP contribution in [-0.4, -0.2) is 16.0 Å². The molecule has 2 aromatic carbocycles. The second-order valence-electron chi connectivity index (χ2n) is 4.49. The maximum absolute atomic E-state index is 11.8. The van der Waals surface area contributed by atoms with E-state index in [1.807, 2.05) is 24.3 Å². The van der Waals surface area contributed by atoms with E-state index < -0.39 is 0 Å². The Morgan fingerprint density at radius 2 is 1.90 bits per heavy atom. The first kappa shape index (κ1) is 13.5. The zero-order chi connectivity index (χ0) is 14.7. The lowest BCUT2D eigenvalue weighted by Crippen LogP contribution is -2.28. The van der Waals surface area contributed by atoms with Gasteiger partial charge in [-0.25, -0.2) is 9.78 Å². The van der Waals surface area contributed by atoms with Crippen molar-refractivity contribution in [2.24, 2.45) is 0 Å². The van der Waals surface area contributed by atoms with Crippen molar-refractivity contribution in [1.82, 2.24) is 15.3 Å². The molecule has 5 nitrogen and oxygen atoms in total. The van der Waals surface area contributed by atoms with Gasteiger partial charge in [0.2, 0.25) is 0 Å². The molecule has 0 atom stereocenters. The number of urea groups is 1. The fourth-order valence-electron chi connectivity index (χ4n) is 1.98. The van der Waals surface area contributed by atoms with Crippen molar-refractivity contribution in [3.05, 3.63) is 59.4 Å². The minimum atomic E-state index is -0.330. The van der Waals surface area contributed by atoms with E-state index in [0.29, 0.717) is 23.1 Å². The number of carbonyl (C=O) groups excluding carboxylic acids is 1. The number of anilines is 1. The highest BCUT2D eigenvalue weighted by molar-refractivity contribution is 6.33. The molecular formula is C15H13ClN4O. The predicted molar refractivity (Wildman–Crippen MR) is 83.4 cm³/mol. The SMILES string of the molecule is O=C(NCc1nc2ccccc2[nH]1)Nc1ccccc1Cl. The number of aromatic amines is 1. The summed E-state index contributed by atoms with van der Waals surface area (Å²) >= 11 is 5.98. The van der Waals surface area contributed by atoms with Crippen molar-refractivity contribution in [2.45, 2.75) is 6.54 Å². The van der Waals surface area contributed by atoms with Crippen LogP contribution in [0, 0.1) is 0 Å². The Morgan fingerprint density at radius 3 is 2.71 bits per heavy atom. The number of nitrogens with zero attached hydrogens (tertiary/aromatic N) is 1. The van der Waals surface area contributed by atoms with Gasteiger partial charge in [-0.3, -0.25) is 0 Å². The lowest BCUT2D eigenvalue weighted by atomic mass is 10.3. The zero-order valence-corrected chi connectivity index (χ0v) is 11.8. The van der Waals surface area contributed by atoms with Crippen LogP contribution in [-0.2, 0) is 6.54 Å². The summed E-state index contributed by atoms with van der Waals surface area (Å²) in [7, 11) is 0. The first-order valence-corrected chi connectivity index (χ1v) is 6.83. The average molecular weight is 301 g/mol. The molecule has 1 aromatic heterocycles. The van der Waals surface area contributed by atoms with Crippen molar-refractivity contribution < 1.29 is 4.79 Å². The third kappa shape index (κ3) is 3.14. The van der Waals surface area contributed by atoms with Crippen LogP contribution in [0.3, 0.4) is 0 Å². The molecule has 3 rings (SSSR count). The number of H-pyrrole nitrogens is 1.